The average molecular weight is 473 g/mol. The second kappa shape index (κ2) is 12.5. The lowest BCUT2D eigenvalue weighted by molar-refractivity contribution is -0.136. The van der Waals surface area contributed by atoms with Crippen molar-refractivity contribution in [2.45, 2.75) is 18.6 Å². The Hall–Kier alpha value is -2.70. The molecule has 1 amide bonds. The van der Waals surface area contributed by atoms with Crippen LogP contribution in [0.5, 0.6) is 5.75 Å². The van der Waals surface area contributed by atoms with E-state index in [1.165, 1.54) is 17.0 Å². The van der Waals surface area contributed by atoms with Crippen LogP contribution in [-0.4, -0.2) is 72.9 Å². The summed E-state index contributed by atoms with van der Waals surface area (Å²) in [6.45, 7) is 5.59. The molecule has 33 heavy (non-hydrogen) atoms. The third-order valence-corrected chi connectivity index (χ3v) is 6.33. The molecule has 0 unspecified atom stereocenters. The van der Waals surface area contributed by atoms with E-state index in [4.69, 9.17) is 15.9 Å². The van der Waals surface area contributed by atoms with Crippen LogP contribution < -0.4 is 4.74 Å². The summed E-state index contributed by atoms with van der Waals surface area (Å²) in [5.74, 6) is 2.34. The highest BCUT2D eigenvalue weighted by atomic mass is 32.1. The summed E-state index contributed by atoms with van der Waals surface area (Å²) in [7, 11) is 0. The monoisotopic (exact) mass is 472 g/mol. The van der Waals surface area contributed by atoms with Gasteiger partial charge in [-0.05, 0) is 35.6 Å². The fourth-order valence-corrected chi connectivity index (χ4v) is 4.81. The zero-order valence-corrected chi connectivity index (χ0v) is 19.3. The summed E-state index contributed by atoms with van der Waals surface area (Å²) in [5.41, 5.74) is 1.06. The Morgan fingerprint density at radius 1 is 1.48 bits per heavy atom. The van der Waals surface area contributed by atoms with Gasteiger partial charge in [-0.25, -0.2) is 4.39 Å². The number of carbonyl (C=O) groups is 1. The standard InChI is InChI=1S/C25H29FN2O4S/c1-3-10-27(15-20(29)17-31-12-4-2)16-25(30)28-11-8-24-22(9-13-33-24)23(28)18-32-21-7-5-6-19(26)14-21/h2-3,5-7,9,13-14,20,23,29H,1,8,10-12,15-18H2/t20-,23+/m1/s1. The number of fused-ring (bicyclic) bond motifs is 1. The molecule has 0 fully saturated rings. The Bertz CT molecular complexity index is 973. The van der Waals surface area contributed by atoms with E-state index < -0.39 is 6.10 Å². The molecule has 2 atom stereocenters. The van der Waals surface area contributed by atoms with Gasteiger partial charge in [0.2, 0.25) is 5.91 Å². The summed E-state index contributed by atoms with van der Waals surface area (Å²) in [6, 6.07) is 7.73. The molecule has 2 heterocycles. The van der Waals surface area contributed by atoms with Gasteiger partial charge >= 0.3 is 0 Å². The molecule has 1 aromatic heterocycles. The van der Waals surface area contributed by atoms with Gasteiger partial charge in [-0.2, -0.15) is 0 Å². The maximum Gasteiger partial charge on any atom is 0.237 e. The molecule has 0 spiro atoms. The van der Waals surface area contributed by atoms with Crippen molar-refractivity contribution in [2.75, 3.05) is 46.0 Å². The third kappa shape index (κ3) is 7.14. The predicted octanol–water partition coefficient (Wildman–Crippen LogP) is 2.89. The van der Waals surface area contributed by atoms with E-state index in [-0.39, 0.29) is 50.7 Å². The number of rotatable bonds is 12. The van der Waals surface area contributed by atoms with E-state index in [1.807, 2.05) is 21.2 Å². The van der Waals surface area contributed by atoms with E-state index in [9.17, 15) is 14.3 Å². The van der Waals surface area contributed by atoms with E-state index in [0.717, 1.165) is 12.0 Å². The minimum atomic E-state index is -0.775. The topological polar surface area (TPSA) is 62.2 Å². The van der Waals surface area contributed by atoms with E-state index in [2.05, 4.69) is 12.5 Å². The Balaban J connectivity index is 1.68. The summed E-state index contributed by atoms with van der Waals surface area (Å²) in [5, 5.41) is 12.3. The van der Waals surface area contributed by atoms with E-state index >= 15 is 0 Å². The van der Waals surface area contributed by atoms with Crippen molar-refractivity contribution in [1.82, 2.24) is 9.80 Å². The van der Waals surface area contributed by atoms with Crippen LogP contribution in [0.4, 0.5) is 4.39 Å². The molecule has 0 aliphatic carbocycles. The van der Waals surface area contributed by atoms with Gasteiger partial charge in [0.1, 0.15) is 24.8 Å². The first-order chi connectivity index (χ1) is 16.0. The fraction of sp³-hybridized carbons (Fsp3) is 0.400. The number of terminal acetylenes is 1. The molecule has 0 saturated heterocycles. The van der Waals surface area contributed by atoms with Crippen molar-refractivity contribution in [3.8, 4) is 18.1 Å². The fourth-order valence-electron chi connectivity index (χ4n) is 3.88. The smallest absolute Gasteiger partial charge is 0.237 e. The van der Waals surface area contributed by atoms with Crippen LogP contribution in [0.1, 0.15) is 16.5 Å². The molecule has 0 saturated carbocycles. The quantitative estimate of drug-likeness (QED) is 0.292. The zero-order chi connectivity index (χ0) is 23.6. The van der Waals surface area contributed by atoms with Gasteiger partial charge in [-0.1, -0.05) is 18.1 Å². The minimum absolute atomic E-state index is 0.0710. The highest BCUT2D eigenvalue weighted by Crippen LogP contribution is 2.34. The van der Waals surface area contributed by atoms with E-state index in [0.29, 0.717) is 18.8 Å². The zero-order valence-electron chi connectivity index (χ0n) is 18.5. The molecular weight excluding hydrogens is 443 g/mol. The van der Waals surface area contributed by atoms with Gasteiger partial charge in [0.25, 0.3) is 0 Å². The number of nitrogens with zero attached hydrogens (tertiary/aromatic N) is 2. The van der Waals surface area contributed by atoms with Gasteiger partial charge in [0, 0.05) is 30.6 Å². The van der Waals surface area contributed by atoms with Gasteiger partial charge < -0.3 is 19.5 Å². The first-order valence-corrected chi connectivity index (χ1v) is 11.7. The molecule has 2 aromatic rings. The maximum absolute atomic E-state index is 13.5. The van der Waals surface area contributed by atoms with Crippen molar-refractivity contribution in [1.29, 1.82) is 0 Å². The van der Waals surface area contributed by atoms with Crippen LogP contribution in [0, 0.1) is 18.2 Å². The number of halogens is 1. The number of aliphatic hydroxyl groups is 1. The number of ether oxygens (including phenoxy) is 2. The van der Waals surface area contributed by atoms with Crippen molar-refractivity contribution < 1.29 is 23.8 Å². The molecule has 8 heteroatoms. The molecule has 1 aliphatic heterocycles. The summed E-state index contributed by atoms with van der Waals surface area (Å²) < 4.78 is 24.6. The number of hydrogen-bond donors (Lipinski definition) is 1. The summed E-state index contributed by atoms with van der Waals surface area (Å²) in [4.78, 5) is 18.2. The van der Waals surface area contributed by atoms with E-state index in [1.54, 1.807) is 29.5 Å². The predicted molar refractivity (Wildman–Crippen MR) is 127 cm³/mol. The molecule has 0 bridgehead atoms. The first-order valence-electron chi connectivity index (χ1n) is 10.8. The normalized spacial score (nSPS) is 16.2. The lowest BCUT2D eigenvalue weighted by atomic mass is 10.0. The number of amides is 1. The van der Waals surface area contributed by atoms with Crippen LogP contribution in [0.2, 0.25) is 0 Å². The van der Waals surface area contributed by atoms with Crippen LogP contribution in [0.3, 0.4) is 0 Å². The second-order valence-corrected chi connectivity index (χ2v) is 8.78. The summed E-state index contributed by atoms with van der Waals surface area (Å²) >= 11 is 1.67. The lowest BCUT2D eigenvalue weighted by Crippen LogP contribution is -2.48. The Labute approximate surface area is 198 Å². The highest BCUT2D eigenvalue weighted by molar-refractivity contribution is 7.10. The minimum Gasteiger partial charge on any atom is -0.491 e. The molecule has 6 nitrogen and oxygen atoms in total. The van der Waals surface area contributed by atoms with Crippen LogP contribution in [0.15, 0.2) is 48.4 Å². The van der Waals surface area contributed by atoms with Gasteiger partial charge in [-0.15, -0.1) is 24.3 Å². The molecular formula is C25H29FN2O4S. The van der Waals surface area contributed by atoms with Gasteiger partial charge in [0.15, 0.2) is 0 Å². The van der Waals surface area contributed by atoms with Crippen LogP contribution in [0.25, 0.3) is 0 Å². The number of hydrogen-bond acceptors (Lipinski definition) is 6. The van der Waals surface area contributed by atoms with Crippen LogP contribution >= 0.6 is 11.3 Å². The first kappa shape index (κ1) is 24.9. The average Bonchev–Trinajstić information content (AvgIpc) is 3.27. The molecule has 3 rings (SSSR count). The van der Waals surface area contributed by atoms with Crippen molar-refractivity contribution in [3.63, 3.8) is 0 Å². The number of aliphatic hydroxyl groups excluding tert-OH is 1. The largest absolute Gasteiger partial charge is 0.491 e. The number of carbonyl (C=O) groups excluding carboxylic acids is 1. The molecule has 1 aromatic carbocycles. The third-order valence-electron chi connectivity index (χ3n) is 5.33. The molecule has 0 radical (unpaired) electrons. The lowest BCUT2D eigenvalue weighted by Gasteiger charge is -2.37. The SMILES string of the molecule is C#CCOC[C@H](O)CN(CC=C)CC(=O)N1CCc2sccc2[C@@H]1COc1cccc(F)c1. The van der Waals surface area contributed by atoms with Crippen LogP contribution in [-0.2, 0) is 16.0 Å². The van der Waals surface area contributed by atoms with Gasteiger partial charge in [-0.3, -0.25) is 9.69 Å². The van der Waals surface area contributed by atoms with Crippen molar-refractivity contribution in [2.24, 2.45) is 0 Å². The molecule has 1 aliphatic rings. The Morgan fingerprint density at radius 2 is 2.33 bits per heavy atom. The highest BCUT2D eigenvalue weighted by Gasteiger charge is 2.33. The van der Waals surface area contributed by atoms with Gasteiger partial charge in [0.05, 0.1) is 25.3 Å². The molecule has 1 N–H and O–H groups in total. The Kier molecular flexibility index (Phi) is 9.46. The number of benzene rings is 1. The molecule has 176 valence electrons. The van der Waals surface area contributed by atoms with Crippen molar-refractivity contribution in [3.05, 3.63) is 64.6 Å². The Morgan fingerprint density at radius 3 is 3.09 bits per heavy atom. The number of thiophene rings is 1. The summed E-state index contributed by atoms with van der Waals surface area (Å²) in [6.07, 6.45) is 6.86. The second-order valence-electron chi connectivity index (χ2n) is 7.78. The maximum atomic E-state index is 13.5. The van der Waals surface area contributed by atoms with Crippen molar-refractivity contribution >= 4 is 17.2 Å².